The fraction of sp³-hybridized carbons (Fsp3) is 0.400. The minimum absolute atomic E-state index is 0.0942. The van der Waals surface area contributed by atoms with Gasteiger partial charge in [0.15, 0.2) is 5.52 Å². The molecule has 0 aliphatic heterocycles. The van der Waals surface area contributed by atoms with Crippen LogP contribution < -0.4 is 27.5 Å². The van der Waals surface area contributed by atoms with E-state index in [1.807, 2.05) is 66.7 Å². The molecule has 10 rings (SSSR count). The Balaban J connectivity index is 1.01. The summed E-state index contributed by atoms with van der Waals surface area (Å²) in [5.74, 6) is 0. The van der Waals surface area contributed by atoms with E-state index in [4.69, 9.17) is 21.4 Å². The monoisotopic (exact) mass is 965 g/mol. The van der Waals surface area contributed by atoms with Crippen LogP contribution in [0, 0.1) is 10.1 Å². The average Bonchev–Trinajstić information content (AvgIpc) is 3.97. The fourth-order valence-electron chi connectivity index (χ4n) is 11.7. The van der Waals surface area contributed by atoms with Crippen LogP contribution in [-0.4, -0.2) is 36.8 Å². The predicted octanol–water partition coefficient (Wildman–Crippen LogP) is 14.9. The first-order valence-corrected chi connectivity index (χ1v) is 26.9. The minimum Gasteiger partial charge on any atom is -0.399 e. The maximum atomic E-state index is 15.0. The first-order chi connectivity index (χ1) is 35.2. The van der Waals surface area contributed by atoms with E-state index in [2.05, 4.69) is 18.7 Å². The number of benzene rings is 6. The molecular weight excluding hydrogens is 897 g/mol. The van der Waals surface area contributed by atoms with E-state index in [-0.39, 0.29) is 27.2 Å². The minimum atomic E-state index is -0.345. The third-order valence-electron chi connectivity index (χ3n) is 15.4. The zero-order valence-electron chi connectivity index (χ0n) is 42.1. The predicted molar refractivity (Wildman–Crippen MR) is 301 cm³/mol. The van der Waals surface area contributed by atoms with Crippen molar-refractivity contribution in [3.8, 4) is 11.1 Å². The van der Waals surface area contributed by atoms with Crippen LogP contribution in [0.15, 0.2) is 94.5 Å². The Hall–Kier alpha value is -7.08. The first kappa shape index (κ1) is 48.5. The van der Waals surface area contributed by atoms with Crippen LogP contribution in [0.1, 0.15) is 142 Å². The van der Waals surface area contributed by atoms with Gasteiger partial charge in [0.1, 0.15) is 16.8 Å². The van der Waals surface area contributed by atoms with Crippen LogP contribution in [-0.2, 0) is 0 Å². The number of imidazole rings is 2. The number of non-ortho nitro benzene ring substituents is 1. The molecule has 0 bridgehead atoms. The quantitative estimate of drug-likeness (QED) is 0.0245. The Kier molecular flexibility index (Phi) is 14.4. The zero-order valence-corrected chi connectivity index (χ0v) is 42.1. The van der Waals surface area contributed by atoms with Gasteiger partial charge in [-0.2, -0.15) is 0 Å². The van der Waals surface area contributed by atoms with Gasteiger partial charge in [0.05, 0.1) is 21.6 Å². The summed E-state index contributed by atoms with van der Waals surface area (Å²) in [6.45, 7) is 6.11. The molecule has 4 N–H and O–H groups in total. The number of nitrogens with zero attached hydrogens (tertiary/aromatic N) is 6. The number of nitrogen functional groups attached to an aromatic ring is 2. The van der Waals surface area contributed by atoms with E-state index >= 15 is 4.79 Å². The summed E-state index contributed by atoms with van der Waals surface area (Å²) in [5.41, 5.74) is 18.0. The molecule has 72 heavy (non-hydrogen) atoms. The molecule has 372 valence electrons. The Bertz CT molecular complexity index is 3690. The van der Waals surface area contributed by atoms with Gasteiger partial charge in [-0.15, -0.1) is 0 Å². The number of hydrogen-bond acceptors (Lipinski definition) is 9. The van der Waals surface area contributed by atoms with E-state index in [1.165, 1.54) is 103 Å². The van der Waals surface area contributed by atoms with Gasteiger partial charge in [0.2, 0.25) is 0 Å². The molecule has 0 amide bonds. The lowest BCUT2D eigenvalue weighted by Gasteiger charge is -2.25. The fourth-order valence-corrected chi connectivity index (χ4v) is 11.7. The number of nitrogens with two attached hydrogens (primary N) is 2. The highest BCUT2D eigenvalue weighted by Gasteiger charge is 2.26. The molecule has 0 atom stereocenters. The molecule has 6 aromatic carbocycles. The molecule has 0 aliphatic carbocycles. The van der Waals surface area contributed by atoms with E-state index in [1.54, 1.807) is 27.0 Å². The number of hydrogen-bond donors (Lipinski definition) is 2. The van der Waals surface area contributed by atoms with Gasteiger partial charge in [0.25, 0.3) is 16.8 Å². The number of fused-ring (bicyclic) bond motifs is 8. The maximum absolute atomic E-state index is 15.0. The number of nitro groups is 1. The van der Waals surface area contributed by atoms with E-state index < -0.39 is 0 Å². The first-order valence-electron chi connectivity index (χ1n) is 26.9. The molecule has 0 aliphatic rings. The molecule has 12 heteroatoms. The van der Waals surface area contributed by atoms with Crippen LogP contribution in [0.2, 0.25) is 0 Å². The van der Waals surface area contributed by atoms with Gasteiger partial charge in [0, 0.05) is 62.8 Å². The number of anilines is 3. The Morgan fingerprint density at radius 3 is 1.47 bits per heavy atom. The molecule has 0 unspecified atom stereocenters. The summed E-state index contributed by atoms with van der Waals surface area (Å²) in [5, 5.41) is 18.8. The smallest absolute Gasteiger partial charge is 0.299 e. The van der Waals surface area contributed by atoms with Crippen molar-refractivity contribution < 1.29 is 4.92 Å². The summed E-state index contributed by atoms with van der Waals surface area (Å²) in [6.07, 6.45) is 24.7. The molecule has 0 fully saturated rings. The lowest BCUT2D eigenvalue weighted by molar-refractivity contribution is -0.383. The lowest BCUT2D eigenvalue weighted by Crippen LogP contribution is -2.26. The van der Waals surface area contributed by atoms with Gasteiger partial charge >= 0.3 is 0 Å². The Morgan fingerprint density at radius 1 is 0.514 bits per heavy atom. The second-order valence-electron chi connectivity index (χ2n) is 20.3. The van der Waals surface area contributed by atoms with E-state index in [0.717, 1.165) is 87.9 Å². The molecule has 0 spiro atoms. The molecule has 0 radical (unpaired) electrons. The summed E-state index contributed by atoms with van der Waals surface area (Å²) < 4.78 is 3.20. The van der Waals surface area contributed by atoms with Crippen molar-refractivity contribution in [3.05, 3.63) is 116 Å². The van der Waals surface area contributed by atoms with Crippen molar-refractivity contribution in [3.63, 3.8) is 0 Å². The number of unbranched alkanes of at least 4 members (excludes halogenated alkanes) is 18. The van der Waals surface area contributed by atoms with Gasteiger partial charge in [-0.3, -0.25) is 28.5 Å². The second kappa shape index (κ2) is 21.3. The maximum Gasteiger partial charge on any atom is 0.299 e. The SMILES string of the molecule is CCCCCCCCCCCCN(CCCCCCCCCCCC)c1cc([N+](=O)[O-])c2nc3c4ccc(-c5ccc6c(=O)n7c8cc(N)cc(N)c8nc7c7cccc5c67)c5cccc(c(=O)n3c2c1)c54. The number of aromatic nitrogens is 4. The van der Waals surface area contributed by atoms with Crippen LogP contribution >= 0.6 is 0 Å². The standard InChI is InChI=1S/C60H68N8O4/c1-3-5-7-9-11-13-15-17-19-21-33-65(34-22-20-18-16-14-12-10-8-6-4-2)40-37-51-56(52(38-40)68(71)72)64-58-46-31-29-41(44-26-24-28-47(54(44)46)59(69)67(51)58)42-30-32-48-53-43(42)25-23-27-45(53)57-63-55-49(62)35-39(61)36-50(55)66(57)60(48)70/h23-32,35-38H,3-22,33-34,61-62H2,1-2H3. The highest BCUT2D eigenvalue weighted by atomic mass is 16.6. The zero-order chi connectivity index (χ0) is 49.9. The van der Waals surface area contributed by atoms with Gasteiger partial charge < -0.3 is 16.4 Å². The highest BCUT2D eigenvalue weighted by molar-refractivity contribution is 6.24. The Morgan fingerprint density at radius 2 is 0.944 bits per heavy atom. The largest absolute Gasteiger partial charge is 0.399 e. The summed E-state index contributed by atoms with van der Waals surface area (Å²) in [7, 11) is 0. The third-order valence-corrected chi connectivity index (χ3v) is 15.4. The van der Waals surface area contributed by atoms with Gasteiger partial charge in [-0.05, 0) is 71.1 Å². The molecule has 4 heterocycles. The average molecular weight is 965 g/mol. The summed E-state index contributed by atoms with van der Waals surface area (Å²) in [6, 6.07) is 26.6. The van der Waals surface area contributed by atoms with Crippen molar-refractivity contribution in [1.82, 2.24) is 18.8 Å². The molecule has 10 aromatic rings. The number of nitro benzene ring substituents is 1. The highest BCUT2D eigenvalue weighted by Crippen LogP contribution is 2.42. The van der Waals surface area contributed by atoms with Crippen LogP contribution in [0.3, 0.4) is 0 Å². The van der Waals surface area contributed by atoms with Crippen molar-refractivity contribution in [2.24, 2.45) is 0 Å². The number of rotatable bonds is 25. The van der Waals surface area contributed by atoms with E-state index in [9.17, 15) is 14.9 Å². The number of pyridine rings is 2. The summed E-state index contributed by atoms with van der Waals surface area (Å²) in [4.78, 5) is 54.2. The molecule has 12 nitrogen and oxygen atoms in total. The van der Waals surface area contributed by atoms with Gasteiger partial charge in [-0.1, -0.05) is 172 Å². The van der Waals surface area contributed by atoms with Crippen molar-refractivity contribution in [1.29, 1.82) is 0 Å². The molecular formula is C60H68N8O4. The van der Waals surface area contributed by atoms with Crippen molar-refractivity contribution >= 4 is 99.2 Å². The molecule has 4 aromatic heterocycles. The van der Waals surface area contributed by atoms with Crippen molar-refractivity contribution in [2.75, 3.05) is 29.5 Å². The summed E-state index contributed by atoms with van der Waals surface area (Å²) >= 11 is 0. The van der Waals surface area contributed by atoms with Crippen LogP contribution in [0.4, 0.5) is 22.7 Å². The van der Waals surface area contributed by atoms with Gasteiger partial charge in [-0.25, -0.2) is 9.97 Å². The normalized spacial score (nSPS) is 12.2. The lowest BCUT2D eigenvalue weighted by atomic mass is 9.90. The Labute approximate surface area is 419 Å². The second-order valence-corrected chi connectivity index (χ2v) is 20.3. The molecule has 0 saturated carbocycles. The topological polar surface area (TPSA) is 167 Å². The van der Waals surface area contributed by atoms with Crippen LogP contribution in [0.25, 0.3) is 87.6 Å². The van der Waals surface area contributed by atoms with Crippen molar-refractivity contribution in [2.45, 2.75) is 142 Å². The van der Waals surface area contributed by atoms with Crippen LogP contribution in [0.5, 0.6) is 0 Å². The molecule has 0 saturated heterocycles. The third kappa shape index (κ3) is 9.09. The van der Waals surface area contributed by atoms with E-state index in [0.29, 0.717) is 50.0 Å².